The third kappa shape index (κ3) is 19.8. The molecule has 280 valence electrons. The van der Waals surface area contributed by atoms with Gasteiger partial charge >= 0.3 is 11.9 Å². The summed E-state index contributed by atoms with van der Waals surface area (Å²) in [5.41, 5.74) is 0. The van der Waals surface area contributed by atoms with Crippen LogP contribution < -0.4 is 0 Å². The van der Waals surface area contributed by atoms with E-state index in [9.17, 15) is 48.5 Å². The van der Waals surface area contributed by atoms with E-state index in [-0.39, 0.29) is 19.3 Å². The Morgan fingerprint density at radius 3 is 1.20 bits per heavy atom. The zero-order valence-corrected chi connectivity index (χ0v) is 30.7. The van der Waals surface area contributed by atoms with Gasteiger partial charge in [-0.15, -0.1) is 13.2 Å². The lowest BCUT2D eigenvalue weighted by atomic mass is 9.86. The minimum Gasteiger partial charge on any atom is -0.462 e. The average Bonchev–Trinajstić information content (AvgIpc) is 3.02. The van der Waals surface area contributed by atoms with Crippen LogP contribution in [0.4, 0.5) is 0 Å². The average molecular weight is 773 g/mol. The number of sulfone groups is 4. The lowest BCUT2D eigenvalue weighted by molar-refractivity contribution is -0.300. The van der Waals surface area contributed by atoms with Crippen molar-refractivity contribution in [3.05, 3.63) is 73.3 Å². The van der Waals surface area contributed by atoms with E-state index in [1.54, 1.807) is 12.2 Å². The van der Waals surface area contributed by atoms with E-state index in [1.807, 2.05) is 0 Å². The second kappa shape index (κ2) is 22.0. The molecule has 2 unspecified atom stereocenters. The fourth-order valence-electron chi connectivity index (χ4n) is 4.74. The minimum absolute atomic E-state index is 0.204. The third-order valence-corrected chi connectivity index (χ3v) is 12.7. The summed E-state index contributed by atoms with van der Waals surface area (Å²) in [5.74, 6) is -7.85. The molecule has 0 aromatic carbocycles. The maximum atomic E-state index is 12.9. The zero-order chi connectivity index (χ0) is 37.9. The molecule has 0 radical (unpaired) electrons. The molecule has 0 aliphatic heterocycles. The van der Waals surface area contributed by atoms with E-state index in [0.717, 1.165) is 0 Å². The first-order valence-electron chi connectivity index (χ1n) is 15.0. The summed E-state index contributed by atoms with van der Waals surface area (Å²) in [6.45, 7) is 20.0. The standard InChI is InChI=1S/C31H48O14S4/c1-7-13-15-27(16-14-8-2)43-29(32)19-17-25(31(45-34)26(21-46(35,36)9-3)22-47(37,38)10-4)18-20-30(33)44-28(23-48(39,40)11-5)24-49(41,42)12-6/h7-12,25-28,31,34H,1-6,13-24H2. The van der Waals surface area contributed by atoms with Crippen molar-refractivity contribution < 1.29 is 62.9 Å². The molecular weight excluding hydrogens is 725 g/mol. The summed E-state index contributed by atoms with van der Waals surface area (Å²) in [6, 6.07) is 0. The summed E-state index contributed by atoms with van der Waals surface area (Å²) < 4.78 is 109. The van der Waals surface area contributed by atoms with Gasteiger partial charge in [-0.2, -0.15) is 0 Å². The normalized spacial score (nSPS) is 13.7. The predicted molar refractivity (Wildman–Crippen MR) is 188 cm³/mol. The second-order valence-electron chi connectivity index (χ2n) is 11.1. The van der Waals surface area contributed by atoms with Gasteiger partial charge < -0.3 is 9.47 Å². The molecule has 0 fully saturated rings. The van der Waals surface area contributed by atoms with Crippen LogP contribution in [-0.4, -0.2) is 92.2 Å². The van der Waals surface area contributed by atoms with Gasteiger partial charge in [0.2, 0.25) is 0 Å². The Balaban J connectivity index is 6.47. The highest BCUT2D eigenvalue weighted by Crippen LogP contribution is 2.29. The van der Waals surface area contributed by atoms with Crippen LogP contribution in [-0.2, 0) is 63.3 Å². The van der Waals surface area contributed by atoms with E-state index >= 15 is 0 Å². The summed E-state index contributed by atoms with van der Waals surface area (Å²) in [5, 5.41) is 12.3. The Kier molecular flexibility index (Phi) is 20.7. The molecular formula is C31H48O14S4. The minimum atomic E-state index is -4.10. The van der Waals surface area contributed by atoms with Crippen molar-refractivity contribution in [2.75, 3.05) is 23.0 Å². The van der Waals surface area contributed by atoms with Crippen LogP contribution in [0.5, 0.6) is 0 Å². The second-order valence-corrected chi connectivity index (χ2v) is 19.1. The topological polar surface area (TPSA) is 219 Å². The molecule has 0 heterocycles. The predicted octanol–water partition coefficient (Wildman–Crippen LogP) is 3.63. The van der Waals surface area contributed by atoms with E-state index in [2.05, 4.69) is 44.4 Å². The molecule has 0 saturated carbocycles. The molecule has 0 aromatic rings. The van der Waals surface area contributed by atoms with Gasteiger partial charge in [-0.25, -0.2) is 38.6 Å². The van der Waals surface area contributed by atoms with Gasteiger partial charge in [0.15, 0.2) is 39.3 Å². The molecule has 0 saturated heterocycles. The van der Waals surface area contributed by atoms with Crippen LogP contribution in [0.1, 0.15) is 51.4 Å². The van der Waals surface area contributed by atoms with E-state index in [0.29, 0.717) is 47.3 Å². The van der Waals surface area contributed by atoms with Gasteiger partial charge in [-0.3, -0.25) is 14.8 Å². The van der Waals surface area contributed by atoms with Crippen LogP contribution in [0, 0.1) is 11.8 Å². The smallest absolute Gasteiger partial charge is 0.306 e. The highest BCUT2D eigenvalue weighted by molar-refractivity contribution is 7.95. The van der Waals surface area contributed by atoms with E-state index in [1.165, 1.54) is 0 Å². The van der Waals surface area contributed by atoms with Crippen LogP contribution in [0.2, 0.25) is 0 Å². The molecule has 0 aliphatic carbocycles. The molecule has 14 nitrogen and oxygen atoms in total. The Morgan fingerprint density at radius 2 is 0.878 bits per heavy atom. The summed E-state index contributed by atoms with van der Waals surface area (Å²) in [7, 11) is -16.3. The van der Waals surface area contributed by atoms with E-state index < -0.39 is 111 Å². The van der Waals surface area contributed by atoms with Crippen molar-refractivity contribution in [1.29, 1.82) is 0 Å². The number of ether oxygens (including phenoxy) is 2. The lowest BCUT2D eigenvalue weighted by Crippen LogP contribution is -2.40. The summed E-state index contributed by atoms with van der Waals surface area (Å²) in [4.78, 5) is 30.5. The highest BCUT2D eigenvalue weighted by atomic mass is 32.2. The van der Waals surface area contributed by atoms with Crippen LogP contribution >= 0.6 is 0 Å². The summed E-state index contributed by atoms with van der Waals surface area (Å²) >= 11 is 0. The highest BCUT2D eigenvalue weighted by Gasteiger charge is 2.37. The van der Waals surface area contributed by atoms with Gasteiger partial charge in [0.25, 0.3) is 0 Å². The number of hydrogen-bond donors (Lipinski definition) is 1. The van der Waals surface area contributed by atoms with Crippen molar-refractivity contribution in [3.8, 4) is 0 Å². The van der Waals surface area contributed by atoms with Crippen molar-refractivity contribution in [1.82, 2.24) is 0 Å². The largest absolute Gasteiger partial charge is 0.462 e. The van der Waals surface area contributed by atoms with Crippen LogP contribution in [0.25, 0.3) is 0 Å². The van der Waals surface area contributed by atoms with Crippen molar-refractivity contribution in [3.63, 3.8) is 0 Å². The number of rotatable bonds is 29. The van der Waals surface area contributed by atoms with Gasteiger partial charge in [0.1, 0.15) is 18.3 Å². The SMILES string of the molecule is C=CCCC(CCC=C)OC(=O)CCC(CCC(=O)OC(CS(=O)(=O)C=C)CS(=O)(=O)C=C)C(OO)C(CS(=O)(=O)C=C)CS(=O)(=O)C=C. The number of carbonyl (C=O) groups excluding carboxylic acids is 2. The lowest BCUT2D eigenvalue weighted by Gasteiger charge is -2.31. The number of hydrogen-bond acceptors (Lipinski definition) is 14. The van der Waals surface area contributed by atoms with E-state index in [4.69, 9.17) is 9.47 Å². The monoisotopic (exact) mass is 772 g/mol. The van der Waals surface area contributed by atoms with Gasteiger partial charge in [0, 0.05) is 40.4 Å². The molecule has 49 heavy (non-hydrogen) atoms. The number of carbonyl (C=O) groups is 2. The molecule has 18 heteroatoms. The Labute approximate surface area is 290 Å². The van der Waals surface area contributed by atoms with Crippen molar-refractivity contribution in [2.45, 2.75) is 69.7 Å². The molecule has 0 aliphatic rings. The Hall–Kier alpha value is -2.90. The molecule has 0 rings (SSSR count). The third-order valence-electron chi connectivity index (χ3n) is 7.22. The molecule has 1 N–H and O–H groups in total. The molecule has 0 aromatic heterocycles. The maximum Gasteiger partial charge on any atom is 0.306 e. The molecule has 0 amide bonds. The number of esters is 2. The quantitative estimate of drug-likeness (QED) is 0.0497. The first kappa shape index (κ1) is 46.1. The number of allylic oxidation sites excluding steroid dienone is 2. The molecule has 2 atom stereocenters. The first-order chi connectivity index (χ1) is 22.7. The van der Waals surface area contributed by atoms with Crippen LogP contribution in [0.15, 0.2) is 73.3 Å². The van der Waals surface area contributed by atoms with Gasteiger partial charge in [-0.1, -0.05) is 38.5 Å². The Morgan fingerprint density at radius 1 is 0.531 bits per heavy atom. The molecule has 0 bridgehead atoms. The molecule has 0 spiro atoms. The first-order valence-corrected chi connectivity index (χ1v) is 21.9. The van der Waals surface area contributed by atoms with Crippen molar-refractivity contribution >= 4 is 51.3 Å². The Bertz CT molecular complexity index is 1500. The fourth-order valence-corrected chi connectivity index (χ4v) is 8.80. The zero-order valence-electron chi connectivity index (χ0n) is 27.5. The fraction of sp³-hybridized carbons (Fsp3) is 0.548. The summed E-state index contributed by atoms with van der Waals surface area (Å²) in [6.07, 6.45) is 0.216. The van der Waals surface area contributed by atoms with Crippen LogP contribution in [0.3, 0.4) is 0 Å². The maximum absolute atomic E-state index is 12.9. The van der Waals surface area contributed by atoms with Crippen molar-refractivity contribution in [2.24, 2.45) is 11.8 Å². The van der Waals surface area contributed by atoms with Gasteiger partial charge in [0.05, 0.1) is 23.0 Å². The van der Waals surface area contributed by atoms with Gasteiger partial charge in [-0.05, 0) is 44.4 Å².